The lowest BCUT2D eigenvalue weighted by Gasteiger charge is -2.22. The zero-order valence-corrected chi connectivity index (χ0v) is 17.0. The van der Waals surface area contributed by atoms with Crippen LogP contribution in [-0.2, 0) is 14.2 Å². The summed E-state index contributed by atoms with van der Waals surface area (Å²) in [6, 6.07) is 0. The molecule has 0 spiro atoms. The van der Waals surface area contributed by atoms with Crippen LogP contribution in [0.25, 0.3) is 0 Å². The molecule has 0 radical (unpaired) electrons. The van der Waals surface area contributed by atoms with Crippen molar-refractivity contribution in [2.75, 3.05) is 65.7 Å². The molecule has 0 saturated heterocycles. The van der Waals surface area contributed by atoms with E-state index < -0.39 is 12.2 Å². The SMILES string of the molecule is CCCCNC(=O)OCCN(CCOCCN)CCOC(=O)NCCCC. The number of amides is 2. The van der Waals surface area contributed by atoms with Crippen molar-refractivity contribution < 1.29 is 23.8 Å². The third-order valence-electron chi connectivity index (χ3n) is 3.69. The van der Waals surface area contributed by atoms with E-state index in [1.165, 1.54) is 0 Å². The number of nitrogens with zero attached hydrogens (tertiary/aromatic N) is 1. The summed E-state index contributed by atoms with van der Waals surface area (Å²) in [4.78, 5) is 25.1. The second kappa shape index (κ2) is 19.2. The fourth-order valence-corrected chi connectivity index (χ4v) is 2.09. The van der Waals surface area contributed by atoms with E-state index in [0.717, 1.165) is 25.7 Å². The van der Waals surface area contributed by atoms with Gasteiger partial charge in [-0.2, -0.15) is 0 Å². The van der Waals surface area contributed by atoms with Gasteiger partial charge in [0.25, 0.3) is 0 Å². The van der Waals surface area contributed by atoms with Crippen LogP contribution in [0.4, 0.5) is 9.59 Å². The summed E-state index contributed by atoms with van der Waals surface area (Å²) >= 11 is 0. The molecule has 0 fully saturated rings. The summed E-state index contributed by atoms with van der Waals surface area (Å²) in [5.74, 6) is 0. The van der Waals surface area contributed by atoms with Crippen molar-refractivity contribution in [1.29, 1.82) is 0 Å². The van der Waals surface area contributed by atoms with Gasteiger partial charge in [0.15, 0.2) is 0 Å². The van der Waals surface area contributed by atoms with E-state index in [0.29, 0.717) is 52.5 Å². The van der Waals surface area contributed by atoms with E-state index in [2.05, 4.69) is 24.5 Å². The molecule has 0 bridgehead atoms. The fraction of sp³-hybridized carbons (Fsp3) is 0.889. The number of nitrogens with one attached hydrogen (secondary N) is 2. The molecule has 9 nitrogen and oxygen atoms in total. The normalized spacial score (nSPS) is 10.7. The highest BCUT2D eigenvalue weighted by Gasteiger charge is 2.09. The summed E-state index contributed by atoms with van der Waals surface area (Å²) in [6.07, 6.45) is 3.07. The second-order valence-corrected chi connectivity index (χ2v) is 6.08. The van der Waals surface area contributed by atoms with Crippen molar-refractivity contribution in [2.24, 2.45) is 5.73 Å². The molecule has 2 amide bonds. The van der Waals surface area contributed by atoms with Gasteiger partial charge < -0.3 is 30.6 Å². The van der Waals surface area contributed by atoms with Crippen LogP contribution in [0.2, 0.25) is 0 Å². The molecule has 0 atom stereocenters. The van der Waals surface area contributed by atoms with Gasteiger partial charge in [-0.05, 0) is 12.8 Å². The average Bonchev–Trinajstić information content (AvgIpc) is 2.65. The Kier molecular flexibility index (Phi) is 18.1. The van der Waals surface area contributed by atoms with Crippen molar-refractivity contribution in [3.63, 3.8) is 0 Å². The van der Waals surface area contributed by atoms with E-state index in [9.17, 15) is 9.59 Å². The van der Waals surface area contributed by atoms with Gasteiger partial charge in [0.2, 0.25) is 0 Å². The highest BCUT2D eigenvalue weighted by atomic mass is 16.6. The Balaban J connectivity index is 4.04. The molecule has 4 N–H and O–H groups in total. The molecule has 0 aliphatic heterocycles. The van der Waals surface area contributed by atoms with Crippen molar-refractivity contribution >= 4 is 12.2 Å². The molecule has 27 heavy (non-hydrogen) atoms. The zero-order chi connectivity index (χ0) is 20.2. The summed E-state index contributed by atoms with van der Waals surface area (Å²) in [5, 5.41) is 5.41. The maximum Gasteiger partial charge on any atom is 0.407 e. The lowest BCUT2D eigenvalue weighted by atomic mass is 10.3. The first-order valence-corrected chi connectivity index (χ1v) is 9.95. The van der Waals surface area contributed by atoms with Gasteiger partial charge in [-0.15, -0.1) is 0 Å². The number of hydrogen-bond acceptors (Lipinski definition) is 7. The highest BCUT2D eigenvalue weighted by Crippen LogP contribution is 1.93. The maximum absolute atomic E-state index is 11.6. The Bertz CT molecular complexity index is 344. The van der Waals surface area contributed by atoms with E-state index in [4.69, 9.17) is 19.9 Å². The molecule has 0 aliphatic rings. The molecule has 0 rings (SSSR count). The Labute approximate surface area is 163 Å². The smallest absolute Gasteiger partial charge is 0.407 e. The van der Waals surface area contributed by atoms with Crippen LogP contribution in [0, 0.1) is 0 Å². The predicted molar refractivity (Wildman–Crippen MR) is 105 cm³/mol. The van der Waals surface area contributed by atoms with Crippen LogP contribution in [0.1, 0.15) is 39.5 Å². The number of ether oxygens (including phenoxy) is 3. The van der Waals surface area contributed by atoms with Crippen molar-refractivity contribution in [3.05, 3.63) is 0 Å². The highest BCUT2D eigenvalue weighted by molar-refractivity contribution is 5.67. The van der Waals surface area contributed by atoms with Gasteiger partial charge in [0.05, 0.1) is 13.2 Å². The topological polar surface area (TPSA) is 115 Å². The van der Waals surface area contributed by atoms with E-state index in [-0.39, 0.29) is 13.2 Å². The summed E-state index contributed by atoms with van der Waals surface area (Å²) in [7, 11) is 0. The Morgan fingerprint density at radius 3 is 1.74 bits per heavy atom. The van der Waals surface area contributed by atoms with Crippen LogP contribution in [0.15, 0.2) is 0 Å². The summed E-state index contributed by atoms with van der Waals surface area (Å²) < 4.78 is 15.7. The first kappa shape index (κ1) is 25.4. The molecular formula is C18H38N4O5. The molecule has 0 aromatic carbocycles. The predicted octanol–water partition coefficient (Wildman–Crippen LogP) is 1.32. The van der Waals surface area contributed by atoms with E-state index in [1.54, 1.807) is 0 Å². The van der Waals surface area contributed by atoms with Crippen LogP contribution >= 0.6 is 0 Å². The number of carbonyl (C=O) groups is 2. The summed E-state index contributed by atoms with van der Waals surface area (Å²) in [6.45, 7) is 9.08. The van der Waals surface area contributed by atoms with E-state index >= 15 is 0 Å². The van der Waals surface area contributed by atoms with Gasteiger partial charge in [0, 0.05) is 39.3 Å². The first-order valence-electron chi connectivity index (χ1n) is 9.95. The largest absolute Gasteiger partial charge is 0.448 e. The quantitative estimate of drug-likeness (QED) is 0.321. The third kappa shape index (κ3) is 17.6. The van der Waals surface area contributed by atoms with Crippen molar-refractivity contribution in [2.45, 2.75) is 39.5 Å². The van der Waals surface area contributed by atoms with Crippen LogP contribution < -0.4 is 16.4 Å². The fourth-order valence-electron chi connectivity index (χ4n) is 2.09. The third-order valence-corrected chi connectivity index (χ3v) is 3.69. The monoisotopic (exact) mass is 390 g/mol. The molecule has 0 saturated carbocycles. The van der Waals surface area contributed by atoms with Gasteiger partial charge >= 0.3 is 12.2 Å². The number of alkyl carbamates (subject to hydrolysis) is 2. The molecule has 160 valence electrons. The van der Waals surface area contributed by atoms with Crippen LogP contribution in [0.3, 0.4) is 0 Å². The summed E-state index contributed by atoms with van der Waals surface area (Å²) in [5.41, 5.74) is 5.40. The molecule has 0 aliphatic carbocycles. The Morgan fingerprint density at radius 2 is 1.30 bits per heavy atom. The Hall–Kier alpha value is -1.58. The lowest BCUT2D eigenvalue weighted by molar-refractivity contribution is 0.0772. The lowest BCUT2D eigenvalue weighted by Crippen LogP contribution is -2.37. The number of carbonyl (C=O) groups excluding carboxylic acids is 2. The maximum atomic E-state index is 11.6. The minimum absolute atomic E-state index is 0.261. The van der Waals surface area contributed by atoms with Crippen molar-refractivity contribution in [1.82, 2.24) is 15.5 Å². The van der Waals surface area contributed by atoms with Gasteiger partial charge in [-0.3, -0.25) is 4.90 Å². The molecule has 9 heteroatoms. The second-order valence-electron chi connectivity index (χ2n) is 6.08. The van der Waals surface area contributed by atoms with Gasteiger partial charge in [-0.25, -0.2) is 9.59 Å². The number of unbranched alkanes of at least 4 members (excludes halogenated alkanes) is 2. The molecule has 0 aromatic heterocycles. The van der Waals surface area contributed by atoms with Gasteiger partial charge in [0.1, 0.15) is 13.2 Å². The zero-order valence-electron chi connectivity index (χ0n) is 17.0. The Morgan fingerprint density at radius 1 is 0.815 bits per heavy atom. The average molecular weight is 391 g/mol. The van der Waals surface area contributed by atoms with E-state index in [1.807, 2.05) is 4.90 Å². The van der Waals surface area contributed by atoms with Gasteiger partial charge in [-0.1, -0.05) is 26.7 Å². The van der Waals surface area contributed by atoms with Crippen molar-refractivity contribution in [3.8, 4) is 0 Å². The molecular weight excluding hydrogens is 352 g/mol. The minimum atomic E-state index is -0.408. The number of nitrogens with two attached hydrogens (primary N) is 1. The minimum Gasteiger partial charge on any atom is -0.448 e. The molecule has 0 unspecified atom stereocenters. The van der Waals surface area contributed by atoms with Crippen LogP contribution in [0.5, 0.6) is 0 Å². The molecule has 0 heterocycles. The number of hydrogen-bond donors (Lipinski definition) is 3. The standard InChI is InChI=1S/C18H38N4O5/c1-3-5-8-20-17(23)26-15-11-22(10-14-25-13-7-19)12-16-27-18(24)21-9-6-4-2/h3-16,19H2,1-2H3,(H,20,23)(H,21,24). The first-order chi connectivity index (χ1) is 13.1. The van der Waals surface area contributed by atoms with Crippen LogP contribution in [-0.4, -0.2) is 82.8 Å². The molecule has 0 aromatic rings. The number of rotatable bonds is 17.